The van der Waals surface area contributed by atoms with Gasteiger partial charge in [-0.15, -0.1) is 0 Å². The third-order valence-corrected chi connectivity index (χ3v) is 6.74. The molecule has 37 heavy (non-hydrogen) atoms. The molecule has 0 aliphatic carbocycles. The molecule has 5 rings (SSSR count). The number of hydrogen-bond donors (Lipinski definition) is 1. The fraction of sp³-hybridized carbons (Fsp3) is 0.286. The van der Waals surface area contributed by atoms with Crippen LogP contribution < -0.4 is 4.90 Å². The molecular formula is C28H25F2N5O2. The Kier molecular flexibility index (Phi) is 6.34. The van der Waals surface area contributed by atoms with Crippen molar-refractivity contribution in [3.8, 4) is 22.9 Å². The molecular weight excluding hydrogens is 476 g/mol. The number of nitriles is 1. The summed E-state index contributed by atoms with van der Waals surface area (Å²) in [5, 5.41) is 24.2. The molecule has 1 aliphatic heterocycles. The zero-order chi connectivity index (χ0) is 26.3. The first-order valence-electron chi connectivity index (χ1n) is 12.1. The van der Waals surface area contributed by atoms with Crippen molar-refractivity contribution in [2.45, 2.75) is 32.6 Å². The van der Waals surface area contributed by atoms with Crippen LogP contribution >= 0.6 is 0 Å². The van der Waals surface area contributed by atoms with Gasteiger partial charge < -0.3 is 10.0 Å². The molecule has 0 unspecified atom stereocenters. The number of halogens is 2. The van der Waals surface area contributed by atoms with Gasteiger partial charge in [0.15, 0.2) is 11.3 Å². The quantitative estimate of drug-likeness (QED) is 0.364. The predicted molar refractivity (Wildman–Crippen MR) is 136 cm³/mol. The number of aromatic carboxylic acids is 1. The van der Waals surface area contributed by atoms with E-state index in [0.29, 0.717) is 16.6 Å². The number of rotatable bonds is 5. The molecule has 9 heteroatoms. The predicted octanol–water partition coefficient (Wildman–Crippen LogP) is 5.93. The molecule has 2 aromatic carbocycles. The van der Waals surface area contributed by atoms with E-state index in [1.165, 1.54) is 10.7 Å². The Morgan fingerprint density at radius 3 is 2.27 bits per heavy atom. The van der Waals surface area contributed by atoms with Crippen molar-refractivity contribution in [1.82, 2.24) is 14.8 Å². The monoisotopic (exact) mass is 501 g/mol. The maximum atomic E-state index is 14.0. The third kappa shape index (κ3) is 4.62. The Hall–Kier alpha value is -4.32. The summed E-state index contributed by atoms with van der Waals surface area (Å²) in [6, 6.07) is 14.7. The molecule has 0 radical (unpaired) electrons. The van der Waals surface area contributed by atoms with Crippen LogP contribution in [0, 0.1) is 28.9 Å². The largest absolute Gasteiger partial charge is 0.477 e. The zero-order valence-corrected chi connectivity index (χ0v) is 20.4. The highest BCUT2D eigenvalue weighted by atomic mass is 19.1. The van der Waals surface area contributed by atoms with E-state index in [2.05, 4.69) is 21.1 Å². The van der Waals surface area contributed by atoms with Gasteiger partial charge in [0.25, 0.3) is 0 Å². The highest BCUT2D eigenvalue weighted by Crippen LogP contribution is 2.36. The van der Waals surface area contributed by atoms with Gasteiger partial charge in [-0.25, -0.2) is 23.2 Å². The van der Waals surface area contributed by atoms with Gasteiger partial charge in [-0.2, -0.15) is 10.4 Å². The van der Waals surface area contributed by atoms with E-state index in [0.717, 1.165) is 55.4 Å². The molecule has 1 saturated heterocycles. The van der Waals surface area contributed by atoms with Crippen molar-refractivity contribution in [2.75, 3.05) is 18.0 Å². The maximum absolute atomic E-state index is 14.0. The van der Waals surface area contributed by atoms with Crippen molar-refractivity contribution in [3.63, 3.8) is 0 Å². The molecule has 7 nitrogen and oxygen atoms in total. The average molecular weight is 502 g/mol. The summed E-state index contributed by atoms with van der Waals surface area (Å²) in [5.41, 5.74) is 3.21. The van der Waals surface area contributed by atoms with Crippen molar-refractivity contribution < 1.29 is 18.7 Å². The van der Waals surface area contributed by atoms with E-state index < -0.39 is 17.6 Å². The first-order chi connectivity index (χ1) is 17.7. The van der Waals surface area contributed by atoms with Crippen LogP contribution in [-0.4, -0.2) is 38.9 Å². The number of anilines is 1. The summed E-state index contributed by atoms with van der Waals surface area (Å²) < 4.78 is 29.4. The minimum atomic E-state index is -1.22. The first kappa shape index (κ1) is 24.4. The molecule has 0 spiro atoms. The van der Waals surface area contributed by atoms with Crippen LogP contribution in [0.4, 0.5) is 14.5 Å². The van der Waals surface area contributed by atoms with Crippen LogP contribution in [0.15, 0.2) is 48.5 Å². The van der Waals surface area contributed by atoms with E-state index in [-0.39, 0.29) is 28.9 Å². The Labute approximate surface area is 212 Å². The molecule has 0 amide bonds. The van der Waals surface area contributed by atoms with Crippen LogP contribution in [0.3, 0.4) is 0 Å². The van der Waals surface area contributed by atoms with Crippen LogP contribution in [0.25, 0.3) is 27.8 Å². The van der Waals surface area contributed by atoms with Gasteiger partial charge in [-0.1, -0.05) is 26.0 Å². The van der Waals surface area contributed by atoms with Crippen molar-refractivity contribution >= 4 is 22.7 Å². The Balaban J connectivity index is 1.66. The number of pyridine rings is 1. The van der Waals surface area contributed by atoms with Gasteiger partial charge in [-0.05, 0) is 60.2 Å². The standard InChI is InChI=1S/C28H25F2N5O2/c1-16(2)26-25-23(18-3-5-21(6-4-18)34-9-7-17(15-31)8-10-34)14-24(28(36)37)32-27(25)35(33-26)22-12-19(29)11-20(30)13-22/h3-6,11-14,16-17H,7-10H2,1-2H3,(H,36,37). The fourth-order valence-electron chi connectivity index (χ4n) is 4.84. The number of hydrogen-bond acceptors (Lipinski definition) is 5. The third-order valence-electron chi connectivity index (χ3n) is 6.74. The average Bonchev–Trinajstić information content (AvgIpc) is 3.28. The minimum Gasteiger partial charge on any atom is -0.477 e. The van der Waals surface area contributed by atoms with E-state index >= 15 is 0 Å². The minimum absolute atomic E-state index is 0.0703. The molecule has 4 aromatic rings. The van der Waals surface area contributed by atoms with Gasteiger partial charge in [0.1, 0.15) is 11.6 Å². The number of nitrogens with zero attached hydrogens (tertiary/aromatic N) is 5. The fourth-order valence-corrected chi connectivity index (χ4v) is 4.84. The Bertz CT molecular complexity index is 1510. The van der Waals surface area contributed by atoms with Crippen molar-refractivity contribution in [3.05, 3.63) is 71.6 Å². The number of aromatic nitrogens is 3. The van der Waals surface area contributed by atoms with Gasteiger partial charge in [-0.3, -0.25) is 0 Å². The summed E-state index contributed by atoms with van der Waals surface area (Å²) in [6.07, 6.45) is 1.64. The molecule has 1 N–H and O–H groups in total. The van der Waals surface area contributed by atoms with Crippen molar-refractivity contribution in [2.24, 2.45) is 5.92 Å². The smallest absolute Gasteiger partial charge is 0.354 e. The van der Waals surface area contributed by atoms with Gasteiger partial charge >= 0.3 is 5.97 Å². The number of carboxylic acid groups (broad SMARTS) is 1. The van der Waals surface area contributed by atoms with Gasteiger partial charge in [0.2, 0.25) is 0 Å². The molecule has 0 saturated carbocycles. The topological polar surface area (TPSA) is 95.0 Å². The summed E-state index contributed by atoms with van der Waals surface area (Å²) in [5.74, 6) is -2.74. The summed E-state index contributed by atoms with van der Waals surface area (Å²) >= 11 is 0. The lowest BCUT2D eigenvalue weighted by molar-refractivity contribution is 0.0691. The molecule has 1 fully saturated rings. The highest BCUT2D eigenvalue weighted by Gasteiger charge is 2.24. The Morgan fingerprint density at radius 2 is 1.70 bits per heavy atom. The number of carboxylic acids is 1. The summed E-state index contributed by atoms with van der Waals surface area (Å²) in [6.45, 7) is 5.49. The van der Waals surface area contributed by atoms with Gasteiger partial charge in [0, 0.05) is 30.8 Å². The van der Waals surface area contributed by atoms with E-state index in [4.69, 9.17) is 5.26 Å². The second kappa shape index (κ2) is 9.62. The summed E-state index contributed by atoms with van der Waals surface area (Å²) in [4.78, 5) is 18.6. The molecule has 0 atom stereocenters. The van der Waals surface area contributed by atoms with E-state index in [9.17, 15) is 18.7 Å². The van der Waals surface area contributed by atoms with Gasteiger partial charge in [0.05, 0.1) is 22.8 Å². The molecule has 2 aromatic heterocycles. The van der Waals surface area contributed by atoms with Crippen LogP contribution in [0.5, 0.6) is 0 Å². The maximum Gasteiger partial charge on any atom is 0.354 e. The molecule has 3 heterocycles. The second-order valence-electron chi connectivity index (χ2n) is 9.58. The number of carbonyl (C=O) groups is 1. The number of fused-ring (bicyclic) bond motifs is 1. The normalized spacial score (nSPS) is 14.3. The lowest BCUT2D eigenvalue weighted by Gasteiger charge is -2.31. The highest BCUT2D eigenvalue weighted by molar-refractivity contribution is 6.00. The van der Waals surface area contributed by atoms with Crippen LogP contribution in [0.2, 0.25) is 0 Å². The van der Waals surface area contributed by atoms with E-state index in [1.54, 1.807) is 0 Å². The summed E-state index contributed by atoms with van der Waals surface area (Å²) in [7, 11) is 0. The van der Waals surface area contributed by atoms with E-state index in [1.807, 2.05) is 38.1 Å². The zero-order valence-electron chi connectivity index (χ0n) is 20.4. The second-order valence-corrected chi connectivity index (χ2v) is 9.58. The van der Waals surface area contributed by atoms with Crippen LogP contribution in [0.1, 0.15) is 48.8 Å². The van der Waals surface area contributed by atoms with Crippen LogP contribution in [-0.2, 0) is 0 Å². The molecule has 0 bridgehead atoms. The Morgan fingerprint density at radius 1 is 1.05 bits per heavy atom. The number of benzene rings is 2. The lowest BCUT2D eigenvalue weighted by Crippen LogP contribution is -2.33. The molecule has 1 aliphatic rings. The molecule has 188 valence electrons. The van der Waals surface area contributed by atoms with Crippen molar-refractivity contribution in [1.29, 1.82) is 5.26 Å². The number of piperidine rings is 1. The SMILES string of the molecule is CC(C)c1nn(-c2cc(F)cc(F)c2)c2nc(C(=O)O)cc(-c3ccc(N4CCC(C#N)CC4)cc3)c12. The first-order valence-corrected chi connectivity index (χ1v) is 12.1. The lowest BCUT2D eigenvalue weighted by atomic mass is 9.96.